The van der Waals surface area contributed by atoms with Gasteiger partial charge >= 0.3 is 12.1 Å². The van der Waals surface area contributed by atoms with Gasteiger partial charge in [-0.15, -0.1) is 0 Å². The molecule has 8 nitrogen and oxygen atoms in total. The van der Waals surface area contributed by atoms with Crippen LogP contribution in [-0.4, -0.2) is 41.3 Å². The molecular formula is C26H28N2O6. The number of amides is 2. The number of carbonyl (C=O) groups excluding carboxylic acids is 2. The molecule has 2 aromatic carbocycles. The van der Waals surface area contributed by atoms with Gasteiger partial charge in [0.2, 0.25) is 5.91 Å². The zero-order valence-electron chi connectivity index (χ0n) is 18.8. The van der Waals surface area contributed by atoms with Crippen LogP contribution in [0.4, 0.5) is 4.79 Å². The van der Waals surface area contributed by atoms with Gasteiger partial charge in [0.15, 0.2) is 6.10 Å². The van der Waals surface area contributed by atoms with Gasteiger partial charge in [0.05, 0.1) is 12.0 Å². The summed E-state index contributed by atoms with van der Waals surface area (Å²) in [5.41, 5.74) is 6.15. The van der Waals surface area contributed by atoms with Crippen molar-refractivity contribution in [1.29, 1.82) is 0 Å². The fraction of sp³-hybridized carbons (Fsp3) is 0.423. The summed E-state index contributed by atoms with van der Waals surface area (Å²) in [6, 6.07) is 16.3. The molecule has 0 aromatic heterocycles. The van der Waals surface area contributed by atoms with E-state index in [1.165, 1.54) is 0 Å². The Morgan fingerprint density at radius 3 is 2.15 bits per heavy atom. The summed E-state index contributed by atoms with van der Waals surface area (Å²) >= 11 is 0. The number of ether oxygens (including phenoxy) is 1. The molecule has 34 heavy (non-hydrogen) atoms. The van der Waals surface area contributed by atoms with Crippen LogP contribution in [0.2, 0.25) is 0 Å². The van der Waals surface area contributed by atoms with Gasteiger partial charge in [-0.1, -0.05) is 48.5 Å². The monoisotopic (exact) mass is 464 g/mol. The van der Waals surface area contributed by atoms with Crippen molar-refractivity contribution >= 4 is 18.0 Å². The minimum Gasteiger partial charge on any atom is -0.479 e. The number of aliphatic carboxylic acids is 1. The number of fused-ring (bicyclic) bond motifs is 3. The Labute approximate surface area is 197 Å². The lowest BCUT2D eigenvalue weighted by molar-refractivity contribution is -0.163. The first-order chi connectivity index (χ1) is 16.5. The second kappa shape index (κ2) is 9.10. The smallest absolute Gasteiger partial charge is 0.407 e. The number of alkyl carbamates (subject to hydrolysis) is 1. The molecule has 8 heteroatoms. The SMILES string of the molecule is O=C(CC1(NC(=O)OCC2c3ccccc3-c3ccccc32)CCC1)NOC(C(=O)O)C1CC1. The molecule has 0 bridgehead atoms. The predicted octanol–water partition coefficient (Wildman–Crippen LogP) is 3.75. The van der Waals surface area contributed by atoms with E-state index >= 15 is 0 Å². The van der Waals surface area contributed by atoms with Crippen LogP contribution in [0.15, 0.2) is 48.5 Å². The van der Waals surface area contributed by atoms with Crippen molar-refractivity contribution in [2.45, 2.75) is 56.1 Å². The van der Waals surface area contributed by atoms with E-state index in [9.17, 15) is 19.5 Å². The Bertz CT molecular complexity index is 1060. The number of hydrogen-bond acceptors (Lipinski definition) is 5. The minimum absolute atomic E-state index is 0.00814. The van der Waals surface area contributed by atoms with E-state index in [4.69, 9.17) is 9.57 Å². The third-order valence-corrected chi connectivity index (χ3v) is 7.11. The Balaban J connectivity index is 1.16. The van der Waals surface area contributed by atoms with Crippen molar-refractivity contribution in [3.8, 4) is 11.1 Å². The number of rotatable bonds is 9. The summed E-state index contributed by atoms with van der Waals surface area (Å²) in [5.74, 6) is -1.64. The van der Waals surface area contributed by atoms with E-state index in [0.29, 0.717) is 12.8 Å². The number of benzene rings is 2. The third kappa shape index (κ3) is 4.50. The van der Waals surface area contributed by atoms with Gasteiger partial charge in [0.1, 0.15) is 6.61 Å². The van der Waals surface area contributed by atoms with Crippen LogP contribution in [0.25, 0.3) is 11.1 Å². The first-order valence-corrected chi connectivity index (χ1v) is 11.8. The molecule has 2 amide bonds. The maximum Gasteiger partial charge on any atom is 0.407 e. The molecule has 0 radical (unpaired) electrons. The second-order valence-electron chi connectivity index (χ2n) is 9.50. The molecule has 2 fully saturated rings. The first-order valence-electron chi connectivity index (χ1n) is 11.8. The molecule has 2 aromatic rings. The number of hydrogen-bond donors (Lipinski definition) is 3. The molecule has 3 aliphatic carbocycles. The van der Waals surface area contributed by atoms with Crippen molar-refractivity contribution in [3.63, 3.8) is 0 Å². The van der Waals surface area contributed by atoms with Gasteiger partial charge in [0, 0.05) is 5.92 Å². The van der Waals surface area contributed by atoms with Crippen LogP contribution in [0.5, 0.6) is 0 Å². The highest BCUT2D eigenvalue weighted by atomic mass is 16.7. The summed E-state index contributed by atoms with van der Waals surface area (Å²) in [7, 11) is 0. The Kier molecular flexibility index (Phi) is 6.00. The largest absolute Gasteiger partial charge is 0.479 e. The average Bonchev–Trinajstić information content (AvgIpc) is 3.58. The van der Waals surface area contributed by atoms with Crippen molar-refractivity contribution in [3.05, 3.63) is 59.7 Å². The lowest BCUT2D eigenvalue weighted by atomic mass is 9.74. The van der Waals surface area contributed by atoms with E-state index in [0.717, 1.165) is 41.5 Å². The Hall–Kier alpha value is -3.39. The average molecular weight is 465 g/mol. The van der Waals surface area contributed by atoms with Crippen LogP contribution in [0, 0.1) is 5.92 Å². The number of nitrogens with one attached hydrogen (secondary N) is 2. The third-order valence-electron chi connectivity index (χ3n) is 7.11. The van der Waals surface area contributed by atoms with Crippen LogP contribution >= 0.6 is 0 Å². The van der Waals surface area contributed by atoms with Crippen molar-refractivity contribution in [1.82, 2.24) is 10.8 Å². The normalized spacial score (nSPS) is 18.7. The molecule has 0 saturated heterocycles. The summed E-state index contributed by atoms with van der Waals surface area (Å²) in [4.78, 5) is 41.5. The van der Waals surface area contributed by atoms with E-state index < -0.39 is 29.6 Å². The van der Waals surface area contributed by atoms with Crippen LogP contribution in [0.1, 0.15) is 55.6 Å². The maximum atomic E-state index is 12.7. The Morgan fingerprint density at radius 1 is 1.00 bits per heavy atom. The highest BCUT2D eigenvalue weighted by molar-refractivity contribution is 5.80. The van der Waals surface area contributed by atoms with E-state index in [2.05, 4.69) is 35.1 Å². The maximum absolute atomic E-state index is 12.7. The molecule has 2 saturated carbocycles. The molecule has 178 valence electrons. The van der Waals surface area contributed by atoms with Gasteiger partial charge in [-0.2, -0.15) is 0 Å². The van der Waals surface area contributed by atoms with Gasteiger partial charge in [-0.05, 0) is 60.3 Å². The fourth-order valence-electron chi connectivity index (χ4n) is 5.02. The summed E-state index contributed by atoms with van der Waals surface area (Å²) in [5, 5.41) is 12.1. The fourth-order valence-corrected chi connectivity index (χ4v) is 5.02. The van der Waals surface area contributed by atoms with Crippen LogP contribution in [0.3, 0.4) is 0 Å². The van der Waals surface area contributed by atoms with E-state index in [1.807, 2.05) is 24.3 Å². The van der Waals surface area contributed by atoms with E-state index in [1.54, 1.807) is 0 Å². The van der Waals surface area contributed by atoms with Gasteiger partial charge in [-0.25, -0.2) is 15.1 Å². The van der Waals surface area contributed by atoms with Gasteiger partial charge in [-0.3, -0.25) is 9.63 Å². The first kappa shape index (κ1) is 22.4. The molecule has 3 aliphatic rings. The van der Waals surface area contributed by atoms with Crippen molar-refractivity contribution < 1.29 is 29.1 Å². The Morgan fingerprint density at radius 2 is 1.62 bits per heavy atom. The second-order valence-corrected chi connectivity index (χ2v) is 9.50. The zero-order valence-corrected chi connectivity index (χ0v) is 18.8. The van der Waals surface area contributed by atoms with Gasteiger partial charge < -0.3 is 15.2 Å². The lowest BCUT2D eigenvalue weighted by Gasteiger charge is -2.41. The van der Waals surface area contributed by atoms with Crippen LogP contribution < -0.4 is 10.8 Å². The number of carboxylic acid groups (broad SMARTS) is 1. The molecule has 1 atom stereocenters. The predicted molar refractivity (Wildman–Crippen MR) is 123 cm³/mol. The van der Waals surface area contributed by atoms with Crippen molar-refractivity contribution in [2.75, 3.05) is 6.61 Å². The van der Waals surface area contributed by atoms with E-state index in [-0.39, 0.29) is 24.9 Å². The molecule has 1 unspecified atom stereocenters. The minimum atomic E-state index is -1.09. The molecular weight excluding hydrogens is 436 g/mol. The molecule has 0 heterocycles. The molecule has 0 spiro atoms. The molecule has 3 N–H and O–H groups in total. The van der Waals surface area contributed by atoms with Gasteiger partial charge in [0.25, 0.3) is 0 Å². The molecule has 5 rings (SSSR count). The summed E-state index contributed by atoms with van der Waals surface area (Å²) in [6.07, 6.45) is 2.16. The zero-order chi connectivity index (χ0) is 23.7. The highest BCUT2D eigenvalue weighted by Crippen LogP contribution is 2.44. The number of carboxylic acids is 1. The quantitative estimate of drug-likeness (QED) is 0.487. The molecule has 0 aliphatic heterocycles. The highest BCUT2D eigenvalue weighted by Gasteiger charge is 2.42. The van der Waals surface area contributed by atoms with Crippen molar-refractivity contribution in [2.24, 2.45) is 5.92 Å². The number of hydroxylamine groups is 1. The van der Waals surface area contributed by atoms with Crippen LogP contribution in [-0.2, 0) is 19.2 Å². The standard InChI is InChI=1S/C26H28N2O6/c29-22(28-34-23(24(30)31)16-10-11-16)14-26(12-5-13-26)27-25(32)33-15-21-19-8-3-1-6-17(19)18-7-2-4-9-20(18)21/h1-4,6-9,16,21,23H,5,10-15H2,(H,27,32)(H,28,29)(H,30,31). The topological polar surface area (TPSA) is 114 Å². The number of carbonyl (C=O) groups is 3. The summed E-state index contributed by atoms with van der Waals surface area (Å²) in [6.45, 7) is 0.201. The summed E-state index contributed by atoms with van der Waals surface area (Å²) < 4.78 is 5.63. The lowest BCUT2D eigenvalue weighted by Crippen LogP contribution is -2.56.